The molecule has 0 fully saturated rings. The molecule has 0 heterocycles. The van der Waals surface area contributed by atoms with Gasteiger partial charge in [-0.3, -0.25) is 0 Å². The number of aliphatic carboxylic acids is 1. The van der Waals surface area contributed by atoms with Gasteiger partial charge in [-0.15, -0.1) is 0 Å². The zero-order chi connectivity index (χ0) is 16.5. The molecule has 0 aliphatic heterocycles. The third kappa shape index (κ3) is 12.5. The fraction of sp³-hybridized carbons (Fsp3) is 0.857. The molecule has 0 aliphatic rings. The van der Waals surface area contributed by atoms with Crippen molar-refractivity contribution in [3.63, 3.8) is 0 Å². The summed E-state index contributed by atoms with van der Waals surface area (Å²) in [5.41, 5.74) is -0.631. The summed E-state index contributed by atoms with van der Waals surface area (Å²) in [6.45, 7) is 6.24. The molecule has 21 heavy (non-hydrogen) atoms. The summed E-state index contributed by atoms with van der Waals surface area (Å²) in [7, 11) is 4.05. The lowest BCUT2D eigenvalue weighted by atomic mass is 10.2. The minimum Gasteiger partial charge on any atom is -0.480 e. The molecule has 0 spiro atoms. The molecule has 0 saturated carbocycles. The van der Waals surface area contributed by atoms with E-state index in [9.17, 15) is 9.59 Å². The summed E-state index contributed by atoms with van der Waals surface area (Å²) in [5, 5.41) is 11.5. The lowest BCUT2D eigenvalue weighted by Gasteiger charge is -2.22. The van der Waals surface area contributed by atoms with Crippen LogP contribution in [0.2, 0.25) is 0 Å². The summed E-state index contributed by atoms with van der Waals surface area (Å²) in [4.78, 5) is 24.8. The molecule has 124 valence electrons. The summed E-state index contributed by atoms with van der Waals surface area (Å²) in [6.07, 6.45) is 0.767. The number of carbonyl (C=O) groups excluding carboxylic acids is 1. The number of hydrogen-bond acceptors (Lipinski definition) is 5. The number of alkyl carbamates (subject to hydrolysis) is 1. The van der Waals surface area contributed by atoms with Crippen molar-refractivity contribution in [3.05, 3.63) is 0 Å². The van der Waals surface area contributed by atoms with E-state index in [4.69, 9.17) is 9.84 Å². The normalized spacial score (nSPS) is 13.0. The van der Waals surface area contributed by atoms with Gasteiger partial charge >= 0.3 is 12.1 Å². The third-order valence-electron chi connectivity index (χ3n) is 2.43. The van der Waals surface area contributed by atoms with Crippen molar-refractivity contribution in [2.24, 2.45) is 0 Å². The van der Waals surface area contributed by atoms with Gasteiger partial charge in [0.25, 0.3) is 0 Å². The van der Waals surface area contributed by atoms with Crippen molar-refractivity contribution >= 4 is 23.8 Å². The fourth-order valence-electron chi connectivity index (χ4n) is 1.49. The number of nitrogens with one attached hydrogen (secondary N) is 1. The number of carboxylic acids is 1. The molecule has 0 aromatic rings. The maximum Gasteiger partial charge on any atom is 0.408 e. The Morgan fingerprint density at radius 1 is 1.29 bits per heavy atom. The molecule has 0 aliphatic carbocycles. The van der Waals surface area contributed by atoms with Crippen LogP contribution in [0.4, 0.5) is 4.79 Å². The van der Waals surface area contributed by atoms with Crippen molar-refractivity contribution in [2.75, 3.05) is 32.1 Å². The average molecular weight is 320 g/mol. The lowest BCUT2D eigenvalue weighted by Crippen LogP contribution is -2.43. The number of rotatable bonds is 9. The van der Waals surface area contributed by atoms with Gasteiger partial charge in [-0.1, -0.05) is 0 Å². The first-order valence-electron chi connectivity index (χ1n) is 7.06. The number of thioether (sulfide) groups is 1. The Labute approximate surface area is 131 Å². The molecule has 1 amide bonds. The van der Waals surface area contributed by atoms with Crippen LogP contribution < -0.4 is 5.32 Å². The molecule has 0 saturated heterocycles. The van der Waals surface area contributed by atoms with Crippen molar-refractivity contribution in [1.29, 1.82) is 0 Å². The van der Waals surface area contributed by atoms with Crippen molar-refractivity contribution in [3.8, 4) is 0 Å². The van der Waals surface area contributed by atoms with E-state index in [2.05, 4.69) is 10.2 Å². The molecule has 0 aromatic heterocycles. The molecule has 0 radical (unpaired) electrons. The second kappa shape index (κ2) is 9.89. The topological polar surface area (TPSA) is 78.9 Å². The molecule has 2 N–H and O–H groups in total. The quantitative estimate of drug-likeness (QED) is 0.633. The highest BCUT2D eigenvalue weighted by atomic mass is 32.2. The largest absolute Gasteiger partial charge is 0.480 e. The van der Waals surface area contributed by atoms with Gasteiger partial charge in [-0.05, 0) is 65.8 Å². The fourth-order valence-corrected chi connectivity index (χ4v) is 2.43. The van der Waals surface area contributed by atoms with Gasteiger partial charge in [0.05, 0.1) is 0 Å². The zero-order valence-electron chi connectivity index (χ0n) is 13.6. The Balaban J connectivity index is 3.98. The summed E-state index contributed by atoms with van der Waals surface area (Å²) in [5.74, 6) is 0.645. The van der Waals surface area contributed by atoms with E-state index in [1.165, 1.54) is 0 Å². The second-order valence-electron chi connectivity index (χ2n) is 6.09. The SMILES string of the molecule is CN(C)CCCSCCC(NC(=O)OC(C)(C)C)C(=O)O. The first-order chi connectivity index (χ1) is 9.61. The minimum atomic E-state index is -1.03. The van der Waals surface area contributed by atoms with Crippen molar-refractivity contribution in [2.45, 2.75) is 45.3 Å². The van der Waals surface area contributed by atoms with Gasteiger partial charge in [-0.2, -0.15) is 11.8 Å². The Bertz CT molecular complexity index is 329. The predicted octanol–water partition coefficient (Wildman–Crippen LogP) is 2.04. The molecular weight excluding hydrogens is 292 g/mol. The summed E-state index contributed by atoms with van der Waals surface area (Å²) in [6, 6.07) is -0.902. The maximum atomic E-state index is 11.6. The highest BCUT2D eigenvalue weighted by Gasteiger charge is 2.23. The van der Waals surface area contributed by atoms with Gasteiger partial charge in [0.1, 0.15) is 11.6 Å². The van der Waals surface area contributed by atoms with Gasteiger partial charge in [0.2, 0.25) is 0 Å². The van der Waals surface area contributed by atoms with Crippen LogP contribution in [-0.4, -0.2) is 65.9 Å². The van der Waals surface area contributed by atoms with Crippen LogP contribution in [0.15, 0.2) is 0 Å². The van der Waals surface area contributed by atoms with Crippen LogP contribution in [0.25, 0.3) is 0 Å². The van der Waals surface area contributed by atoms with Crippen LogP contribution in [-0.2, 0) is 9.53 Å². The Morgan fingerprint density at radius 2 is 1.90 bits per heavy atom. The average Bonchev–Trinajstić information content (AvgIpc) is 2.28. The van der Waals surface area contributed by atoms with Gasteiger partial charge in [0, 0.05) is 0 Å². The molecule has 1 unspecified atom stereocenters. The predicted molar refractivity (Wildman–Crippen MR) is 85.9 cm³/mol. The Morgan fingerprint density at radius 3 is 2.38 bits per heavy atom. The molecule has 1 atom stereocenters. The minimum absolute atomic E-state index is 0.390. The number of hydrogen-bond donors (Lipinski definition) is 2. The van der Waals surface area contributed by atoms with Crippen LogP contribution in [0.1, 0.15) is 33.6 Å². The Hall–Kier alpha value is -0.950. The highest BCUT2D eigenvalue weighted by molar-refractivity contribution is 7.99. The van der Waals surface area contributed by atoms with Gasteiger partial charge < -0.3 is 20.1 Å². The number of nitrogens with zero attached hydrogens (tertiary/aromatic N) is 1. The first kappa shape index (κ1) is 20.1. The van der Waals surface area contributed by atoms with E-state index < -0.39 is 23.7 Å². The van der Waals surface area contributed by atoms with E-state index in [0.717, 1.165) is 18.7 Å². The van der Waals surface area contributed by atoms with E-state index >= 15 is 0 Å². The van der Waals surface area contributed by atoms with Crippen molar-refractivity contribution in [1.82, 2.24) is 10.2 Å². The first-order valence-corrected chi connectivity index (χ1v) is 8.22. The molecule has 0 bridgehead atoms. The third-order valence-corrected chi connectivity index (χ3v) is 3.54. The summed E-state index contributed by atoms with van der Waals surface area (Å²) >= 11 is 1.70. The van der Waals surface area contributed by atoms with Crippen molar-refractivity contribution < 1.29 is 19.4 Å². The lowest BCUT2D eigenvalue weighted by molar-refractivity contribution is -0.139. The molecule has 7 heteroatoms. The van der Waals surface area contributed by atoms with E-state index in [1.807, 2.05) is 14.1 Å². The van der Waals surface area contributed by atoms with E-state index in [-0.39, 0.29) is 0 Å². The zero-order valence-corrected chi connectivity index (χ0v) is 14.5. The monoisotopic (exact) mass is 320 g/mol. The Kier molecular flexibility index (Phi) is 9.44. The smallest absolute Gasteiger partial charge is 0.408 e. The van der Waals surface area contributed by atoms with Crippen LogP contribution in [0.5, 0.6) is 0 Å². The van der Waals surface area contributed by atoms with Gasteiger partial charge in [0.15, 0.2) is 0 Å². The van der Waals surface area contributed by atoms with Crippen LogP contribution in [0, 0.1) is 0 Å². The maximum absolute atomic E-state index is 11.6. The summed E-state index contributed by atoms with van der Waals surface area (Å²) < 4.78 is 5.06. The molecule has 6 nitrogen and oxygen atoms in total. The number of carboxylic acid groups (broad SMARTS) is 1. The molecule has 0 rings (SSSR count). The van der Waals surface area contributed by atoms with Gasteiger partial charge in [-0.25, -0.2) is 9.59 Å². The second-order valence-corrected chi connectivity index (χ2v) is 7.32. The van der Waals surface area contributed by atoms with E-state index in [1.54, 1.807) is 32.5 Å². The van der Waals surface area contributed by atoms with E-state index in [0.29, 0.717) is 12.2 Å². The standard InChI is InChI=1S/C14H28N2O4S/c1-14(2,3)20-13(19)15-11(12(17)18)7-10-21-9-6-8-16(4)5/h11H,6-10H2,1-5H3,(H,15,19)(H,17,18). The highest BCUT2D eigenvalue weighted by Crippen LogP contribution is 2.10. The van der Waals surface area contributed by atoms with Crippen LogP contribution >= 0.6 is 11.8 Å². The van der Waals surface area contributed by atoms with Crippen LogP contribution in [0.3, 0.4) is 0 Å². The number of amides is 1. The molecular formula is C14H28N2O4S. The number of ether oxygens (including phenoxy) is 1. The molecule has 0 aromatic carbocycles. The number of carbonyl (C=O) groups is 2.